The van der Waals surface area contributed by atoms with Crippen molar-refractivity contribution in [2.45, 2.75) is 17.0 Å². The van der Waals surface area contributed by atoms with Crippen molar-refractivity contribution in [1.82, 2.24) is 19.9 Å². The molecule has 2 aromatic heterocycles. The monoisotopic (exact) mass is 282 g/mol. The number of nitrogens with zero attached hydrogens (tertiary/aromatic N) is 4. The molecule has 0 atom stereocenters. The highest BCUT2D eigenvalue weighted by atomic mass is 79.9. The fourth-order valence-corrected chi connectivity index (χ4v) is 2.42. The fourth-order valence-electron chi connectivity index (χ4n) is 1.00. The van der Waals surface area contributed by atoms with E-state index >= 15 is 0 Å². The number of halogens is 1. The first-order valence-corrected chi connectivity index (χ1v) is 5.80. The molecule has 4 nitrogen and oxygen atoms in total. The minimum atomic E-state index is 0.732. The summed E-state index contributed by atoms with van der Waals surface area (Å²) < 4.78 is 0.779. The molecule has 0 saturated carbocycles. The second-order valence-corrected chi connectivity index (χ2v) is 4.57. The number of hydrogen-bond acceptors (Lipinski definition) is 5. The minimum absolute atomic E-state index is 0.732. The maximum atomic E-state index is 4.28. The van der Waals surface area contributed by atoms with Crippen LogP contribution >= 0.6 is 27.7 Å². The molecule has 2 rings (SSSR count). The van der Waals surface area contributed by atoms with Gasteiger partial charge in [-0.1, -0.05) is 0 Å². The molecule has 0 N–H and O–H groups in total. The van der Waals surface area contributed by atoms with Crippen molar-refractivity contribution in [3.8, 4) is 0 Å². The molecule has 15 heavy (non-hydrogen) atoms. The molecule has 76 valence electrons. The summed E-state index contributed by atoms with van der Waals surface area (Å²) in [6, 6.07) is 1.85. The van der Waals surface area contributed by atoms with Crippen LogP contribution in [-0.2, 0) is 0 Å². The van der Waals surface area contributed by atoms with Crippen LogP contribution in [0.15, 0.2) is 39.3 Å². The third-order valence-corrected chi connectivity index (χ3v) is 2.78. The Balaban J connectivity index is 2.25. The van der Waals surface area contributed by atoms with E-state index in [-0.39, 0.29) is 0 Å². The summed E-state index contributed by atoms with van der Waals surface area (Å²) >= 11 is 4.79. The Hall–Kier alpha value is -1.01. The van der Waals surface area contributed by atoms with Crippen molar-refractivity contribution in [1.29, 1.82) is 0 Å². The predicted octanol–water partition coefficient (Wildman–Crippen LogP) is 2.49. The standard InChI is InChI=1S/C9H7BrN4S/c1-6-13-7(10)4-8(14-6)15-9-5-11-2-3-12-9/h2-5H,1H3. The van der Waals surface area contributed by atoms with Crippen molar-refractivity contribution in [2.75, 3.05) is 0 Å². The average Bonchev–Trinajstić information content (AvgIpc) is 2.17. The largest absolute Gasteiger partial charge is 0.260 e. The van der Waals surface area contributed by atoms with Crippen LogP contribution < -0.4 is 0 Å². The lowest BCUT2D eigenvalue weighted by Gasteiger charge is -2.00. The van der Waals surface area contributed by atoms with E-state index in [9.17, 15) is 0 Å². The third-order valence-electron chi connectivity index (χ3n) is 1.53. The molecule has 0 aliphatic carbocycles. The van der Waals surface area contributed by atoms with Gasteiger partial charge in [-0.15, -0.1) is 0 Å². The highest BCUT2D eigenvalue weighted by Gasteiger charge is 2.02. The van der Waals surface area contributed by atoms with E-state index in [1.54, 1.807) is 18.6 Å². The molecule has 0 unspecified atom stereocenters. The van der Waals surface area contributed by atoms with Crippen molar-refractivity contribution >= 4 is 27.7 Å². The smallest absolute Gasteiger partial charge is 0.127 e. The van der Waals surface area contributed by atoms with Crippen LogP contribution in [0.1, 0.15) is 5.82 Å². The Bertz CT molecular complexity index is 443. The van der Waals surface area contributed by atoms with E-state index in [0.717, 1.165) is 20.5 Å². The van der Waals surface area contributed by atoms with Gasteiger partial charge in [-0.2, -0.15) is 0 Å². The molecule has 0 amide bonds. The zero-order chi connectivity index (χ0) is 10.7. The second kappa shape index (κ2) is 4.67. The van der Waals surface area contributed by atoms with Gasteiger partial charge in [0.25, 0.3) is 0 Å². The molecule has 0 saturated heterocycles. The van der Waals surface area contributed by atoms with Gasteiger partial charge in [0, 0.05) is 18.5 Å². The van der Waals surface area contributed by atoms with Gasteiger partial charge in [0.15, 0.2) is 0 Å². The van der Waals surface area contributed by atoms with Gasteiger partial charge in [0.1, 0.15) is 20.5 Å². The lowest BCUT2D eigenvalue weighted by Crippen LogP contribution is -1.90. The molecular formula is C9H7BrN4S. The van der Waals surface area contributed by atoms with Gasteiger partial charge < -0.3 is 0 Å². The van der Waals surface area contributed by atoms with Gasteiger partial charge in [-0.3, -0.25) is 4.98 Å². The van der Waals surface area contributed by atoms with Crippen LogP contribution in [0, 0.1) is 6.92 Å². The van der Waals surface area contributed by atoms with E-state index in [4.69, 9.17) is 0 Å². The Morgan fingerprint density at radius 2 is 2.07 bits per heavy atom. The summed E-state index contributed by atoms with van der Waals surface area (Å²) in [5.41, 5.74) is 0. The molecule has 0 radical (unpaired) electrons. The lowest BCUT2D eigenvalue weighted by atomic mass is 10.6. The molecule has 0 aliphatic heterocycles. The topological polar surface area (TPSA) is 51.6 Å². The highest BCUT2D eigenvalue weighted by Crippen LogP contribution is 2.24. The van der Waals surface area contributed by atoms with E-state index in [2.05, 4.69) is 35.9 Å². The number of aryl methyl sites for hydroxylation is 1. The first-order valence-electron chi connectivity index (χ1n) is 4.19. The molecule has 0 aliphatic rings. The minimum Gasteiger partial charge on any atom is -0.260 e. The van der Waals surface area contributed by atoms with Crippen LogP contribution in [0.3, 0.4) is 0 Å². The summed E-state index contributed by atoms with van der Waals surface area (Å²) in [6.07, 6.45) is 5.01. The van der Waals surface area contributed by atoms with E-state index in [1.807, 2.05) is 13.0 Å². The Morgan fingerprint density at radius 1 is 1.20 bits per heavy atom. The summed E-state index contributed by atoms with van der Waals surface area (Å²) in [7, 11) is 0. The maximum absolute atomic E-state index is 4.28. The average molecular weight is 283 g/mol. The van der Waals surface area contributed by atoms with Crippen LogP contribution in [0.4, 0.5) is 0 Å². The lowest BCUT2D eigenvalue weighted by molar-refractivity contribution is 0.945. The maximum Gasteiger partial charge on any atom is 0.127 e. The van der Waals surface area contributed by atoms with Crippen LogP contribution in [-0.4, -0.2) is 19.9 Å². The molecule has 2 heterocycles. The van der Waals surface area contributed by atoms with E-state index < -0.39 is 0 Å². The Labute approximate surface area is 99.7 Å². The second-order valence-electron chi connectivity index (χ2n) is 2.72. The van der Waals surface area contributed by atoms with Crippen molar-refractivity contribution in [2.24, 2.45) is 0 Å². The fraction of sp³-hybridized carbons (Fsp3) is 0.111. The quantitative estimate of drug-likeness (QED) is 0.792. The summed E-state index contributed by atoms with van der Waals surface area (Å²) in [4.78, 5) is 16.6. The van der Waals surface area contributed by atoms with Crippen LogP contribution in [0.25, 0.3) is 0 Å². The first-order chi connectivity index (χ1) is 7.24. The van der Waals surface area contributed by atoms with Gasteiger partial charge in [-0.05, 0) is 34.6 Å². The Kier molecular flexibility index (Phi) is 3.27. The molecule has 0 fully saturated rings. The van der Waals surface area contributed by atoms with Gasteiger partial charge in [0.2, 0.25) is 0 Å². The van der Waals surface area contributed by atoms with Gasteiger partial charge in [0.05, 0.1) is 6.20 Å². The van der Waals surface area contributed by atoms with Gasteiger partial charge >= 0.3 is 0 Å². The Morgan fingerprint density at radius 3 is 2.73 bits per heavy atom. The van der Waals surface area contributed by atoms with E-state index in [1.165, 1.54) is 11.8 Å². The SMILES string of the molecule is Cc1nc(Br)cc(Sc2cnccn2)n1. The first kappa shape index (κ1) is 10.5. The predicted molar refractivity (Wildman–Crippen MR) is 60.6 cm³/mol. The number of aromatic nitrogens is 4. The zero-order valence-electron chi connectivity index (χ0n) is 7.88. The third kappa shape index (κ3) is 2.97. The highest BCUT2D eigenvalue weighted by molar-refractivity contribution is 9.10. The molecule has 0 spiro atoms. The number of rotatable bonds is 2. The normalized spacial score (nSPS) is 10.3. The number of hydrogen-bond donors (Lipinski definition) is 0. The van der Waals surface area contributed by atoms with Crippen LogP contribution in [0.5, 0.6) is 0 Å². The molecule has 0 aromatic carbocycles. The van der Waals surface area contributed by atoms with Crippen molar-refractivity contribution < 1.29 is 0 Å². The van der Waals surface area contributed by atoms with Crippen LogP contribution in [0.2, 0.25) is 0 Å². The van der Waals surface area contributed by atoms with E-state index in [0.29, 0.717) is 0 Å². The summed E-state index contributed by atoms with van der Waals surface area (Å²) in [6.45, 7) is 1.85. The molecule has 2 aromatic rings. The summed E-state index contributed by atoms with van der Waals surface area (Å²) in [5.74, 6) is 0.732. The summed E-state index contributed by atoms with van der Waals surface area (Å²) in [5, 5.41) is 1.68. The molecule has 0 bridgehead atoms. The molecule has 6 heteroatoms. The zero-order valence-corrected chi connectivity index (χ0v) is 10.3. The molecular weight excluding hydrogens is 276 g/mol. The van der Waals surface area contributed by atoms with Gasteiger partial charge in [-0.25, -0.2) is 15.0 Å². The van der Waals surface area contributed by atoms with Crippen molar-refractivity contribution in [3.63, 3.8) is 0 Å². The van der Waals surface area contributed by atoms with Crippen molar-refractivity contribution in [3.05, 3.63) is 35.1 Å².